The highest BCUT2D eigenvalue weighted by molar-refractivity contribution is 8.00. The lowest BCUT2D eigenvalue weighted by Gasteiger charge is -2.12. The molecule has 0 aliphatic heterocycles. The van der Waals surface area contributed by atoms with Gasteiger partial charge in [0.25, 0.3) is 0 Å². The van der Waals surface area contributed by atoms with Crippen molar-refractivity contribution in [1.29, 1.82) is 0 Å². The Labute approximate surface area is 105 Å². The molecule has 1 aromatic carbocycles. The van der Waals surface area contributed by atoms with Crippen molar-refractivity contribution in [1.82, 2.24) is 0 Å². The maximum absolute atomic E-state index is 12.3. The number of hydrogen-bond donors (Lipinski definition) is 1. The lowest BCUT2D eigenvalue weighted by molar-refractivity contribution is -0.0328. The van der Waals surface area contributed by atoms with Gasteiger partial charge in [0.1, 0.15) is 0 Å². The number of carbonyl (C=O) groups is 1. The summed E-state index contributed by atoms with van der Waals surface area (Å²) >= 11 is 5.05. The van der Waals surface area contributed by atoms with E-state index in [4.69, 9.17) is 17.3 Å². The van der Waals surface area contributed by atoms with Gasteiger partial charge in [0, 0.05) is 22.9 Å². The summed E-state index contributed by atoms with van der Waals surface area (Å²) in [6, 6.07) is 3.98. The third kappa shape index (κ3) is 4.12. The molecule has 2 nitrogen and oxygen atoms in total. The van der Waals surface area contributed by atoms with Crippen LogP contribution in [0.4, 0.5) is 18.9 Å². The van der Waals surface area contributed by atoms with Gasteiger partial charge in [-0.25, -0.2) is 0 Å². The number of ketones is 1. The zero-order valence-corrected chi connectivity index (χ0v) is 10.1. The SMILES string of the molecule is Nc1cccc(SC(F)(F)F)c1C(=O)CCCl. The Morgan fingerprint density at radius 3 is 2.59 bits per heavy atom. The minimum absolute atomic E-state index is 0.0365. The van der Waals surface area contributed by atoms with E-state index in [1.54, 1.807) is 0 Å². The number of carbonyl (C=O) groups excluding carboxylic acids is 1. The summed E-state index contributed by atoms with van der Waals surface area (Å²) in [6.07, 6.45) is -0.0405. The lowest BCUT2D eigenvalue weighted by atomic mass is 10.1. The smallest absolute Gasteiger partial charge is 0.398 e. The molecule has 1 rings (SSSR count). The molecule has 0 aliphatic rings. The van der Waals surface area contributed by atoms with Crippen molar-refractivity contribution in [2.75, 3.05) is 11.6 Å². The van der Waals surface area contributed by atoms with Gasteiger partial charge in [-0.15, -0.1) is 11.6 Å². The Morgan fingerprint density at radius 2 is 2.06 bits per heavy atom. The van der Waals surface area contributed by atoms with Gasteiger partial charge < -0.3 is 5.73 Å². The van der Waals surface area contributed by atoms with Crippen LogP contribution in [0, 0.1) is 0 Å². The summed E-state index contributed by atoms with van der Waals surface area (Å²) in [7, 11) is 0. The Morgan fingerprint density at radius 1 is 1.41 bits per heavy atom. The Kier molecular flexibility index (Phi) is 4.70. The second-order valence-corrected chi connectivity index (χ2v) is 4.62. The zero-order chi connectivity index (χ0) is 13.1. The minimum atomic E-state index is -4.45. The van der Waals surface area contributed by atoms with E-state index in [0.717, 1.165) is 0 Å². The summed E-state index contributed by atoms with van der Waals surface area (Å²) in [5.41, 5.74) is 1.01. The van der Waals surface area contributed by atoms with Gasteiger partial charge in [0.15, 0.2) is 5.78 Å². The van der Waals surface area contributed by atoms with Crippen LogP contribution < -0.4 is 5.73 Å². The highest BCUT2D eigenvalue weighted by atomic mass is 35.5. The van der Waals surface area contributed by atoms with Gasteiger partial charge >= 0.3 is 5.51 Å². The second kappa shape index (κ2) is 5.64. The van der Waals surface area contributed by atoms with E-state index >= 15 is 0 Å². The van der Waals surface area contributed by atoms with Gasteiger partial charge in [-0.05, 0) is 23.9 Å². The van der Waals surface area contributed by atoms with Crippen LogP contribution in [0.25, 0.3) is 0 Å². The molecule has 0 radical (unpaired) electrons. The molecule has 0 saturated heterocycles. The van der Waals surface area contributed by atoms with Crippen molar-refractivity contribution in [3.63, 3.8) is 0 Å². The molecule has 0 unspecified atom stereocenters. The van der Waals surface area contributed by atoms with E-state index in [0.29, 0.717) is 0 Å². The predicted octanol–water partition coefficient (Wildman–Crippen LogP) is 3.69. The number of nitrogen functional groups attached to an aromatic ring is 1. The fourth-order valence-corrected chi connectivity index (χ4v) is 2.17. The molecule has 0 amide bonds. The van der Waals surface area contributed by atoms with E-state index < -0.39 is 11.3 Å². The first-order chi connectivity index (χ1) is 7.85. The zero-order valence-electron chi connectivity index (χ0n) is 8.55. The maximum atomic E-state index is 12.3. The fourth-order valence-electron chi connectivity index (χ4n) is 1.27. The van der Waals surface area contributed by atoms with Crippen LogP contribution in [-0.2, 0) is 0 Å². The number of alkyl halides is 4. The number of halogens is 4. The first-order valence-corrected chi connectivity index (χ1v) is 5.93. The molecule has 0 fully saturated rings. The molecule has 0 atom stereocenters. The van der Waals surface area contributed by atoms with Crippen LogP contribution >= 0.6 is 23.4 Å². The van der Waals surface area contributed by atoms with Crippen molar-refractivity contribution < 1.29 is 18.0 Å². The summed E-state index contributed by atoms with van der Waals surface area (Å²) < 4.78 is 36.9. The fraction of sp³-hybridized carbons (Fsp3) is 0.300. The van der Waals surface area contributed by atoms with Gasteiger partial charge in [-0.1, -0.05) is 6.07 Å². The molecule has 17 heavy (non-hydrogen) atoms. The average molecular weight is 284 g/mol. The van der Waals surface area contributed by atoms with Crippen molar-refractivity contribution in [3.05, 3.63) is 23.8 Å². The van der Waals surface area contributed by atoms with Crippen LogP contribution in [0.3, 0.4) is 0 Å². The maximum Gasteiger partial charge on any atom is 0.446 e. The van der Waals surface area contributed by atoms with E-state index in [2.05, 4.69) is 0 Å². The molecule has 0 bridgehead atoms. The van der Waals surface area contributed by atoms with Crippen LogP contribution in [0.1, 0.15) is 16.8 Å². The first-order valence-electron chi connectivity index (χ1n) is 4.58. The molecule has 0 spiro atoms. The summed E-state index contributed by atoms with van der Waals surface area (Å²) in [6.45, 7) is 0. The number of rotatable bonds is 4. The number of nitrogens with two attached hydrogens (primary N) is 1. The molecule has 94 valence electrons. The summed E-state index contributed by atoms with van der Waals surface area (Å²) in [4.78, 5) is 11.4. The van der Waals surface area contributed by atoms with Crippen molar-refractivity contribution in [2.45, 2.75) is 16.8 Å². The summed E-state index contributed by atoms with van der Waals surface area (Å²) in [5, 5.41) is 0. The Hall–Kier alpha value is -0.880. The molecule has 0 heterocycles. The van der Waals surface area contributed by atoms with E-state index in [1.165, 1.54) is 18.2 Å². The highest BCUT2D eigenvalue weighted by Crippen LogP contribution is 2.40. The van der Waals surface area contributed by atoms with Crippen molar-refractivity contribution in [3.8, 4) is 0 Å². The topological polar surface area (TPSA) is 43.1 Å². The number of benzene rings is 1. The molecule has 0 aromatic heterocycles. The quantitative estimate of drug-likeness (QED) is 0.397. The minimum Gasteiger partial charge on any atom is -0.398 e. The molecule has 2 N–H and O–H groups in total. The number of anilines is 1. The van der Waals surface area contributed by atoms with E-state index in [9.17, 15) is 18.0 Å². The molecule has 0 saturated carbocycles. The number of Topliss-reactive ketones (excluding diaryl/α,β-unsaturated/α-hetero) is 1. The highest BCUT2D eigenvalue weighted by Gasteiger charge is 2.31. The summed E-state index contributed by atoms with van der Waals surface area (Å²) in [5.74, 6) is -0.437. The average Bonchev–Trinajstić information content (AvgIpc) is 2.15. The standard InChI is InChI=1S/C10H9ClF3NOS/c11-5-4-7(16)9-6(15)2-1-3-8(9)17-10(12,13)14/h1-3H,4-5,15H2. The van der Waals surface area contributed by atoms with Gasteiger partial charge in [0.05, 0.1) is 5.56 Å². The van der Waals surface area contributed by atoms with Crippen LogP contribution in [0.5, 0.6) is 0 Å². The van der Waals surface area contributed by atoms with Crippen LogP contribution in [0.15, 0.2) is 23.1 Å². The molecule has 0 aliphatic carbocycles. The molecule has 1 aromatic rings. The van der Waals surface area contributed by atoms with E-state index in [-0.39, 0.29) is 40.2 Å². The normalized spacial score (nSPS) is 11.5. The third-order valence-electron chi connectivity index (χ3n) is 1.88. The van der Waals surface area contributed by atoms with E-state index in [1.807, 2.05) is 0 Å². The van der Waals surface area contributed by atoms with Crippen molar-refractivity contribution >= 4 is 34.8 Å². The van der Waals surface area contributed by atoms with Gasteiger partial charge in [-0.2, -0.15) is 13.2 Å². The Balaban J connectivity index is 3.13. The second-order valence-electron chi connectivity index (χ2n) is 3.13. The predicted molar refractivity (Wildman–Crippen MR) is 62.4 cm³/mol. The monoisotopic (exact) mass is 283 g/mol. The largest absolute Gasteiger partial charge is 0.446 e. The number of thioether (sulfide) groups is 1. The number of hydrogen-bond acceptors (Lipinski definition) is 3. The lowest BCUT2D eigenvalue weighted by Crippen LogP contribution is -2.09. The molecular formula is C10H9ClF3NOS. The third-order valence-corrected chi connectivity index (χ3v) is 2.87. The molecule has 7 heteroatoms. The van der Waals surface area contributed by atoms with Crippen LogP contribution in [0.2, 0.25) is 0 Å². The molecular weight excluding hydrogens is 275 g/mol. The van der Waals surface area contributed by atoms with Gasteiger partial charge in [-0.3, -0.25) is 4.79 Å². The van der Waals surface area contributed by atoms with Crippen LogP contribution in [-0.4, -0.2) is 17.2 Å². The van der Waals surface area contributed by atoms with Crippen molar-refractivity contribution in [2.24, 2.45) is 0 Å². The van der Waals surface area contributed by atoms with Gasteiger partial charge in [0.2, 0.25) is 0 Å². The Bertz CT molecular complexity index is 423. The first kappa shape index (κ1) is 14.2.